The summed E-state index contributed by atoms with van der Waals surface area (Å²) in [5.74, 6) is 4.22. The van der Waals surface area contributed by atoms with E-state index in [-0.39, 0.29) is 11.0 Å². The van der Waals surface area contributed by atoms with Crippen molar-refractivity contribution in [1.82, 2.24) is 0 Å². The number of methoxy groups -OCH3 is 2. The fraction of sp³-hybridized carbons (Fsp3) is 0.455. The maximum absolute atomic E-state index is 6.90. The molecule has 3 nitrogen and oxygen atoms in total. The molecule has 0 aromatic heterocycles. The molecule has 1 unspecified atom stereocenters. The van der Waals surface area contributed by atoms with E-state index in [4.69, 9.17) is 14.2 Å². The lowest BCUT2D eigenvalue weighted by Crippen LogP contribution is -2.31. The molecule has 196 valence electrons. The Morgan fingerprint density at radius 2 is 1.57 bits per heavy atom. The second kappa shape index (κ2) is 9.66. The summed E-state index contributed by atoms with van der Waals surface area (Å²) in [6.45, 7) is 16.7. The van der Waals surface area contributed by atoms with Gasteiger partial charge in [0.1, 0.15) is 23.1 Å². The lowest BCUT2D eigenvalue weighted by atomic mass is 9.79. The maximum atomic E-state index is 6.90. The van der Waals surface area contributed by atoms with Crippen LogP contribution in [-0.4, -0.2) is 25.2 Å². The molecule has 0 N–H and O–H groups in total. The Bertz CT molecular complexity index is 1300. The molecular formula is C33H41O3P. The van der Waals surface area contributed by atoms with Gasteiger partial charge in [-0.15, -0.1) is 0 Å². The summed E-state index contributed by atoms with van der Waals surface area (Å²) >= 11 is 0. The van der Waals surface area contributed by atoms with Gasteiger partial charge in [-0.3, -0.25) is 0 Å². The average molecular weight is 517 g/mol. The first-order chi connectivity index (χ1) is 17.6. The third-order valence-corrected chi connectivity index (χ3v) is 12.1. The predicted octanol–water partition coefficient (Wildman–Crippen LogP) is 8.58. The largest absolute Gasteiger partial charge is 0.496 e. The summed E-state index contributed by atoms with van der Waals surface area (Å²) in [5, 5.41) is 1.39. The molecule has 0 saturated carbocycles. The molecule has 0 amide bonds. The molecule has 3 atom stereocenters. The summed E-state index contributed by atoms with van der Waals surface area (Å²) in [4.78, 5) is 0. The molecule has 37 heavy (non-hydrogen) atoms. The molecule has 0 fully saturated rings. The quantitative estimate of drug-likeness (QED) is 0.318. The highest BCUT2D eigenvalue weighted by Crippen LogP contribution is 2.67. The third-order valence-electron chi connectivity index (χ3n) is 8.64. The smallest absolute Gasteiger partial charge is 0.130 e. The van der Waals surface area contributed by atoms with Crippen LogP contribution in [0.5, 0.6) is 17.2 Å². The molecule has 0 radical (unpaired) electrons. The molecule has 0 spiro atoms. The monoisotopic (exact) mass is 516 g/mol. The molecule has 3 aromatic carbocycles. The number of rotatable bonds is 5. The molecule has 0 saturated heterocycles. The highest BCUT2D eigenvalue weighted by molar-refractivity contribution is 7.68. The Morgan fingerprint density at radius 3 is 2.16 bits per heavy atom. The van der Waals surface area contributed by atoms with E-state index in [1.807, 2.05) is 18.2 Å². The van der Waals surface area contributed by atoms with Crippen LogP contribution in [-0.2, 0) is 6.42 Å². The molecule has 2 heterocycles. The molecule has 3 aromatic rings. The van der Waals surface area contributed by atoms with Crippen molar-refractivity contribution >= 4 is 13.2 Å². The predicted molar refractivity (Wildman–Crippen MR) is 157 cm³/mol. The van der Waals surface area contributed by atoms with Crippen LogP contribution in [0.4, 0.5) is 0 Å². The van der Waals surface area contributed by atoms with E-state index in [0.29, 0.717) is 17.8 Å². The van der Waals surface area contributed by atoms with Crippen molar-refractivity contribution in [3.8, 4) is 28.4 Å². The molecule has 5 rings (SSSR count). The zero-order valence-electron chi connectivity index (χ0n) is 23.8. The van der Waals surface area contributed by atoms with Crippen molar-refractivity contribution in [3.63, 3.8) is 0 Å². The molecule has 2 aliphatic rings. The molecule has 0 aliphatic carbocycles. The Balaban J connectivity index is 1.74. The summed E-state index contributed by atoms with van der Waals surface area (Å²) < 4.78 is 18.6. The first-order valence-corrected chi connectivity index (χ1v) is 15.0. The lowest BCUT2D eigenvalue weighted by molar-refractivity contribution is 0.293. The van der Waals surface area contributed by atoms with Crippen LogP contribution in [0, 0.1) is 0 Å². The van der Waals surface area contributed by atoms with E-state index in [1.54, 1.807) is 14.2 Å². The maximum Gasteiger partial charge on any atom is 0.130 e. The van der Waals surface area contributed by atoms with Crippen molar-refractivity contribution < 1.29 is 14.2 Å². The molecule has 0 bridgehead atoms. The number of benzene rings is 3. The normalized spacial score (nSPS) is 21.6. The molecule has 4 heteroatoms. The van der Waals surface area contributed by atoms with Gasteiger partial charge in [0.2, 0.25) is 0 Å². The van der Waals surface area contributed by atoms with E-state index in [0.717, 1.165) is 29.2 Å². The zero-order valence-corrected chi connectivity index (χ0v) is 24.7. The number of hydrogen-bond acceptors (Lipinski definition) is 3. The molecule has 2 aliphatic heterocycles. The molecular weight excluding hydrogens is 475 g/mol. The fourth-order valence-corrected chi connectivity index (χ4v) is 9.85. The Labute approximate surface area is 224 Å². The van der Waals surface area contributed by atoms with Gasteiger partial charge in [0.25, 0.3) is 0 Å². The van der Waals surface area contributed by atoms with Crippen LogP contribution in [0.2, 0.25) is 0 Å². The van der Waals surface area contributed by atoms with Gasteiger partial charge >= 0.3 is 0 Å². The van der Waals surface area contributed by atoms with Crippen molar-refractivity contribution in [1.29, 1.82) is 0 Å². The van der Waals surface area contributed by atoms with Gasteiger partial charge in [0.15, 0.2) is 0 Å². The first-order valence-electron chi connectivity index (χ1n) is 13.6. The average Bonchev–Trinajstić information content (AvgIpc) is 3.23. The fourth-order valence-electron chi connectivity index (χ4n) is 6.30. The Kier molecular flexibility index (Phi) is 6.82. The van der Waals surface area contributed by atoms with Gasteiger partial charge < -0.3 is 14.2 Å². The van der Waals surface area contributed by atoms with Crippen LogP contribution in [0.15, 0.2) is 48.5 Å². The van der Waals surface area contributed by atoms with Crippen molar-refractivity contribution in [2.24, 2.45) is 0 Å². The van der Waals surface area contributed by atoms with Gasteiger partial charge in [-0.25, -0.2) is 0 Å². The highest BCUT2D eigenvalue weighted by Gasteiger charge is 2.51. The van der Waals surface area contributed by atoms with E-state index < -0.39 is 7.92 Å². The van der Waals surface area contributed by atoms with E-state index >= 15 is 0 Å². The highest BCUT2D eigenvalue weighted by atomic mass is 31.1. The Morgan fingerprint density at radius 1 is 0.919 bits per heavy atom. The standard InChI is InChI=1S/C33H41O3P/c1-19(2)22-16-24(20(3)4)26-18-30-36-29-15-10-12-23(31-27(34-8)13-11-14-28(31)35-9)32(29)37(30)33(6,7)21(5)25(26)17-22/h10-17,19-21,30H,18H2,1-9H3/t21?,30-,37-/m1/s1. The van der Waals surface area contributed by atoms with E-state index in [2.05, 4.69) is 78.8 Å². The number of ether oxygens (including phenoxy) is 3. The van der Waals surface area contributed by atoms with E-state index in [9.17, 15) is 0 Å². The second-order valence-corrected chi connectivity index (χ2v) is 14.6. The summed E-state index contributed by atoms with van der Waals surface area (Å²) in [7, 11) is 2.81. The van der Waals surface area contributed by atoms with Gasteiger partial charge in [0.05, 0.1) is 19.8 Å². The third kappa shape index (κ3) is 4.15. The van der Waals surface area contributed by atoms with Crippen molar-refractivity contribution in [2.45, 2.75) is 83.6 Å². The van der Waals surface area contributed by atoms with Crippen LogP contribution in [0.1, 0.15) is 88.5 Å². The Hall–Kier alpha value is -2.51. The van der Waals surface area contributed by atoms with Crippen molar-refractivity contribution in [2.75, 3.05) is 14.2 Å². The van der Waals surface area contributed by atoms with Crippen molar-refractivity contribution in [3.05, 3.63) is 70.8 Å². The minimum atomic E-state index is -0.660. The van der Waals surface area contributed by atoms with Gasteiger partial charge in [-0.05, 0) is 71.3 Å². The van der Waals surface area contributed by atoms with Crippen LogP contribution < -0.4 is 19.5 Å². The summed E-state index contributed by atoms with van der Waals surface area (Å²) in [6.07, 6.45) is 0.956. The van der Waals surface area contributed by atoms with Gasteiger partial charge in [-0.1, -0.05) is 78.8 Å². The summed E-state index contributed by atoms with van der Waals surface area (Å²) in [6, 6.07) is 17.5. The minimum Gasteiger partial charge on any atom is -0.496 e. The summed E-state index contributed by atoms with van der Waals surface area (Å²) in [5.41, 5.74) is 8.18. The lowest BCUT2D eigenvalue weighted by Gasteiger charge is -2.39. The van der Waals surface area contributed by atoms with Crippen LogP contribution in [0.3, 0.4) is 0 Å². The van der Waals surface area contributed by atoms with Crippen LogP contribution in [0.25, 0.3) is 11.1 Å². The van der Waals surface area contributed by atoms with Gasteiger partial charge in [-0.2, -0.15) is 0 Å². The van der Waals surface area contributed by atoms with Gasteiger partial charge in [0, 0.05) is 17.3 Å². The van der Waals surface area contributed by atoms with Crippen LogP contribution >= 0.6 is 7.92 Å². The zero-order chi connectivity index (χ0) is 26.6. The minimum absolute atomic E-state index is 0.0334. The second-order valence-electron chi connectivity index (χ2n) is 11.7. The SMILES string of the molecule is COc1cccc(OC)c1-c1cccc2c1[P@@]1[C@H](Cc3c(C(C)C)cc(C(C)C)cc3C(C)C1(C)C)O2. The van der Waals surface area contributed by atoms with E-state index in [1.165, 1.54) is 33.1 Å². The first kappa shape index (κ1) is 26.1. The topological polar surface area (TPSA) is 27.7 Å². The number of fused-ring (bicyclic) bond motifs is 4. The number of hydrogen-bond donors (Lipinski definition) is 0.